The molecule has 108 valence electrons. The van der Waals surface area contributed by atoms with Gasteiger partial charge in [0.25, 0.3) is 0 Å². The number of carboxylic acid groups (broad SMARTS) is 1. The Morgan fingerprint density at radius 1 is 1.33 bits per heavy atom. The molecule has 2 rings (SSSR count). The second-order valence-electron chi connectivity index (χ2n) is 4.55. The maximum absolute atomic E-state index is 12.0. The van der Waals surface area contributed by atoms with Gasteiger partial charge in [-0.25, -0.2) is 4.79 Å². The second-order valence-corrected chi connectivity index (χ2v) is 5.58. The summed E-state index contributed by atoms with van der Waals surface area (Å²) >= 11 is 1.54. The lowest BCUT2D eigenvalue weighted by Crippen LogP contribution is -2.14. The minimum atomic E-state index is -1.00. The molecular weight excluding hydrogens is 286 g/mol. The molecular formula is C16H15NO3S. The third-order valence-corrected chi connectivity index (χ3v) is 3.75. The van der Waals surface area contributed by atoms with Gasteiger partial charge in [-0.2, -0.15) is 0 Å². The van der Waals surface area contributed by atoms with Crippen LogP contribution >= 0.6 is 11.3 Å². The Kier molecular flexibility index (Phi) is 4.90. The standard InChI is InChI=1S/C16H15NO3S/c1-11-4-5-12(6-7-16(19)20)9-14(11)17-15(18)10-13-3-2-8-21-13/h2-9H,10H2,1H3,(H,17,18)(H,19,20). The van der Waals surface area contributed by atoms with Crippen molar-refractivity contribution in [1.29, 1.82) is 0 Å². The number of hydrogen-bond donors (Lipinski definition) is 2. The summed E-state index contributed by atoms with van der Waals surface area (Å²) in [6.07, 6.45) is 2.91. The van der Waals surface area contributed by atoms with Gasteiger partial charge in [-0.05, 0) is 41.6 Å². The van der Waals surface area contributed by atoms with Crippen molar-refractivity contribution in [2.24, 2.45) is 0 Å². The number of hydrogen-bond acceptors (Lipinski definition) is 3. The molecule has 1 amide bonds. The van der Waals surface area contributed by atoms with Gasteiger partial charge in [-0.3, -0.25) is 4.79 Å². The summed E-state index contributed by atoms with van der Waals surface area (Å²) in [7, 11) is 0. The van der Waals surface area contributed by atoms with Crippen LogP contribution in [0.15, 0.2) is 41.8 Å². The van der Waals surface area contributed by atoms with E-state index in [0.29, 0.717) is 12.1 Å². The molecule has 0 bridgehead atoms. The van der Waals surface area contributed by atoms with Crippen LogP contribution in [0, 0.1) is 6.92 Å². The number of benzene rings is 1. The van der Waals surface area contributed by atoms with E-state index in [1.807, 2.05) is 36.6 Å². The fraction of sp³-hybridized carbons (Fsp3) is 0.125. The number of anilines is 1. The van der Waals surface area contributed by atoms with Gasteiger partial charge in [0.1, 0.15) is 0 Å². The number of amides is 1. The summed E-state index contributed by atoms with van der Waals surface area (Å²) in [6, 6.07) is 9.26. The van der Waals surface area contributed by atoms with Gasteiger partial charge in [0.15, 0.2) is 0 Å². The molecule has 0 aliphatic rings. The average Bonchev–Trinajstić information content (AvgIpc) is 2.92. The Morgan fingerprint density at radius 2 is 2.14 bits per heavy atom. The van der Waals surface area contributed by atoms with Gasteiger partial charge in [0, 0.05) is 16.6 Å². The molecule has 0 radical (unpaired) electrons. The zero-order valence-electron chi connectivity index (χ0n) is 11.5. The van der Waals surface area contributed by atoms with Crippen molar-refractivity contribution in [2.45, 2.75) is 13.3 Å². The van der Waals surface area contributed by atoms with E-state index in [9.17, 15) is 9.59 Å². The first-order valence-corrected chi connectivity index (χ1v) is 7.26. The lowest BCUT2D eigenvalue weighted by atomic mass is 10.1. The molecule has 0 spiro atoms. The normalized spacial score (nSPS) is 10.7. The number of aryl methyl sites for hydroxylation is 1. The number of aliphatic carboxylic acids is 1. The summed E-state index contributed by atoms with van der Waals surface area (Å²) in [4.78, 5) is 23.5. The van der Waals surface area contributed by atoms with Crippen molar-refractivity contribution in [3.63, 3.8) is 0 Å². The minimum absolute atomic E-state index is 0.0834. The molecule has 0 unspecified atom stereocenters. The quantitative estimate of drug-likeness (QED) is 0.832. The monoisotopic (exact) mass is 301 g/mol. The largest absolute Gasteiger partial charge is 0.478 e. The molecule has 0 fully saturated rings. The maximum atomic E-state index is 12.0. The summed E-state index contributed by atoms with van der Waals surface area (Å²) in [6.45, 7) is 1.89. The van der Waals surface area contributed by atoms with Crippen LogP contribution in [0.5, 0.6) is 0 Å². The molecule has 0 aliphatic carbocycles. The first-order valence-electron chi connectivity index (χ1n) is 6.38. The molecule has 0 saturated heterocycles. The summed E-state index contributed by atoms with van der Waals surface area (Å²) < 4.78 is 0. The molecule has 2 aromatic rings. The summed E-state index contributed by atoms with van der Waals surface area (Å²) in [5.74, 6) is -1.08. The Hall–Kier alpha value is -2.40. The molecule has 0 atom stereocenters. The first-order chi connectivity index (χ1) is 10.0. The van der Waals surface area contributed by atoms with Crippen molar-refractivity contribution in [3.05, 3.63) is 57.8 Å². The number of carboxylic acids is 1. The molecule has 5 heteroatoms. The van der Waals surface area contributed by atoms with E-state index in [-0.39, 0.29) is 5.91 Å². The fourth-order valence-electron chi connectivity index (χ4n) is 1.81. The zero-order valence-corrected chi connectivity index (χ0v) is 12.3. The molecule has 2 N–H and O–H groups in total. The molecule has 1 aromatic carbocycles. The summed E-state index contributed by atoms with van der Waals surface area (Å²) in [5, 5.41) is 13.4. The van der Waals surface area contributed by atoms with Crippen LogP contribution in [0.25, 0.3) is 6.08 Å². The SMILES string of the molecule is Cc1ccc(C=CC(=O)O)cc1NC(=O)Cc1cccs1. The fourth-order valence-corrected chi connectivity index (χ4v) is 2.51. The van der Waals surface area contributed by atoms with E-state index in [2.05, 4.69) is 5.32 Å². The molecule has 4 nitrogen and oxygen atoms in total. The molecule has 1 aromatic heterocycles. The van der Waals surface area contributed by atoms with Crippen LogP contribution in [-0.4, -0.2) is 17.0 Å². The molecule has 0 aliphatic heterocycles. The van der Waals surface area contributed by atoms with Crippen LogP contribution in [0.4, 0.5) is 5.69 Å². The molecule has 1 heterocycles. The van der Waals surface area contributed by atoms with Gasteiger partial charge < -0.3 is 10.4 Å². The number of carbonyl (C=O) groups excluding carboxylic acids is 1. The highest BCUT2D eigenvalue weighted by atomic mass is 32.1. The second kappa shape index (κ2) is 6.85. The van der Waals surface area contributed by atoms with Crippen molar-refractivity contribution in [3.8, 4) is 0 Å². The van der Waals surface area contributed by atoms with Crippen molar-refractivity contribution < 1.29 is 14.7 Å². The van der Waals surface area contributed by atoms with Crippen molar-refractivity contribution in [2.75, 3.05) is 5.32 Å². The maximum Gasteiger partial charge on any atom is 0.328 e. The van der Waals surface area contributed by atoms with Crippen molar-refractivity contribution >= 4 is 35.0 Å². The van der Waals surface area contributed by atoms with Crippen LogP contribution < -0.4 is 5.32 Å². The highest BCUT2D eigenvalue weighted by Gasteiger charge is 2.07. The first kappa shape index (κ1) is 15.0. The van der Waals surface area contributed by atoms with Crippen LogP contribution in [0.3, 0.4) is 0 Å². The summed E-state index contributed by atoms with van der Waals surface area (Å²) in [5.41, 5.74) is 2.36. The van der Waals surface area contributed by atoms with Crippen molar-refractivity contribution in [1.82, 2.24) is 0 Å². The third-order valence-electron chi connectivity index (χ3n) is 2.87. The van der Waals surface area contributed by atoms with E-state index in [0.717, 1.165) is 22.1 Å². The van der Waals surface area contributed by atoms with E-state index in [1.54, 1.807) is 17.4 Å². The van der Waals surface area contributed by atoms with E-state index in [1.165, 1.54) is 6.08 Å². The van der Waals surface area contributed by atoms with Crippen LogP contribution in [-0.2, 0) is 16.0 Å². The topological polar surface area (TPSA) is 66.4 Å². The van der Waals surface area contributed by atoms with Gasteiger partial charge >= 0.3 is 5.97 Å². The van der Waals surface area contributed by atoms with E-state index < -0.39 is 5.97 Å². The van der Waals surface area contributed by atoms with Gasteiger partial charge in [-0.15, -0.1) is 11.3 Å². The molecule has 21 heavy (non-hydrogen) atoms. The van der Waals surface area contributed by atoms with Gasteiger partial charge in [-0.1, -0.05) is 18.2 Å². The lowest BCUT2D eigenvalue weighted by Gasteiger charge is -2.09. The number of carbonyl (C=O) groups is 2. The van der Waals surface area contributed by atoms with Crippen LogP contribution in [0.1, 0.15) is 16.0 Å². The lowest BCUT2D eigenvalue weighted by molar-refractivity contribution is -0.131. The number of thiophene rings is 1. The zero-order chi connectivity index (χ0) is 15.2. The van der Waals surface area contributed by atoms with Gasteiger partial charge in [0.05, 0.1) is 6.42 Å². The Morgan fingerprint density at radius 3 is 2.81 bits per heavy atom. The third kappa shape index (κ3) is 4.57. The minimum Gasteiger partial charge on any atom is -0.478 e. The highest BCUT2D eigenvalue weighted by Crippen LogP contribution is 2.19. The van der Waals surface area contributed by atoms with Crippen LogP contribution in [0.2, 0.25) is 0 Å². The average molecular weight is 301 g/mol. The Labute approximate surface area is 126 Å². The van der Waals surface area contributed by atoms with E-state index in [4.69, 9.17) is 5.11 Å². The highest BCUT2D eigenvalue weighted by molar-refractivity contribution is 7.10. The number of nitrogens with one attached hydrogen (secondary N) is 1. The predicted octanol–water partition coefficient (Wildman–Crippen LogP) is 3.34. The van der Waals surface area contributed by atoms with E-state index >= 15 is 0 Å². The predicted molar refractivity (Wildman–Crippen MR) is 84.5 cm³/mol. The Bertz CT molecular complexity index is 675. The number of rotatable bonds is 5. The molecule has 0 saturated carbocycles. The Balaban J connectivity index is 2.09. The van der Waals surface area contributed by atoms with Gasteiger partial charge in [0.2, 0.25) is 5.91 Å². The smallest absolute Gasteiger partial charge is 0.328 e.